The highest BCUT2D eigenvalue weighted by atomic mass is 35.5. The van der Waals surface area contributed by atoms with Gasteiger partial charge in [-0.1, -0.05) is 53.4 Å². The van der Waals surface area contributed by atoms with E-state index in [1.807, 2.05) is 30.3 Å². The smallest absolute Gasteiger partial charge is 0.263 e. The lowest BCUT2D eigenvalue weighted by molar-refractivity contribution is 0.306. The van der Waals surface area contributed by atoms with Crippen molar-refractivity contribution in [1.29, 1.82) is 0 Å². The summed E-state index contributed by atoms with van der Waals surface area (Å²) in [5, 5.41) is 16.6. The monoisotopic (exact) mass is 391 g/mol. The molecule has 0 fully saturated rings. The van der Waals surface area contributed by atoms with Gasteiger partial charge >= 0.3 is 0 Å². The summed E-state index contributed by atoms with van der Waals surface area (Å²) in [6, 6.07) is 13.2. The zero-order valence-corrected chi connectivity index (χ0v) is 15.8. The fraction of sp³-hybridized carbons (Fsp3) is 0.278. The Bertz CT molecular complexity index is 851. The number of anilines is 1. The summed E-state index contributed by atoms with van der Waals surface area (Å²) in [4.78, 5) is 1.58. The van der Waals surface area contributed by atoms with Crippen LogP contribution in [0.15, 0.2) is 42.5 Å². The van der Waals surface area contributed by atoms with Crippen molar-refractivity contribution >= 4 is 29.2 Å². The molecule has 0 saturated carbocycles. The molecule has 3 aromatic rings. The van der Waals surface area contributed by atoms with Gasteiger partial charge in [0.1, 0.15) is 12.4 Å². The van der Waals surface area contributed by atoms with Crippen LogP contribution in [0.5, 0.6) is 5.75 Å². The SMILES string of the molecule is CCCn1nnc(NCc2ccc(OCc3ccc(Cl)cc3Cl)cc2)n1. The summed E-state index contributed by atoms with van der Waals surface area (Å²) in [5.74, 6) is 1.29. The maximum atomic E-state index is 6.15. The molecule has 0 bridgehead atoms. The van der Waals surface area contributed by atoms with E-state index in [9.17, 15) is 0 Å². The van der Waals surface area contributed by atoms with Gasteiger partial charge in [0.05, 0.1) is 6.54 Å². The molecule has 2 aromatic carbocycles. The number of hydrogen-bond donors (Lipinski definition) is 1. The van der Waals surface area contributed by atoms with Crippen molar-refractivity contribution < 1.29 is 4.74 Å². The van der Waals surface area contributed by atoms with E-state index in [1.165, 1.54) is 0 Å². The molecule has 0 aliphatic rings. The number of hydrogen-bond acceptors (Lipinski definition) is 5. The highest BCUT2D eigenvalue weighted by molar-refractivity contribution is 6.35. The number of benzene rings is 2. The fourth-order valence-electron chi connectivity index (χ4n) is 2.29. The lowest BCUT2D eigenvalue weighted by atomic mass is 10.2. The first-order chi connectivity index (χ1) is 12.6. The molecule has 26 heavy (non-hydrogen) atoms. The Balaban J connectivity index is 1.51. The molecule has 0 amide bonds. The molecule has 6 nitrogen and oxygen atoms in total. The van der Waals surface area contributed by atoms with Crippen molar-refractivity contribution in [1.82, 2.24) is 20.2 Å². The highest BCUT2D eigenvalue weighted by Crippen LogP contribution is 2.23. The molecular weight excluding hydrogens is 373 g/mol. The summed E-state index contributed by atoms with van der Waals surface area (Å²) in [7, 11) is 0. The van der Waals surface area contributed by atoms with Gasteiger partial charge in [0, 0.05) is 22.2 Å². The minimum absolute atomic E-state index is 0.387. The zero-order valence-electron chi connectivity index (χ0n) is 14.3. The summed E-state index contributed by atoms with van der Waals surface area (Å²) >= 11 is 12.0. The average molecular weight is 392 g/mol. The Morgan fingerprint density at radius 2 is 1.92 bits per heavy atom. The summed E-state index contributed by atoms with van der Waals surface area (Å²) in [5.41, 5.74) is 1.98. The second kappa shape index (κ2) is 8.87. The molecule has 1 aromatic heterocycles. The molecule has 0 aliphatic heterocycles. The van der Waals surface area contributed by atoms with E-state index in [0.29, 0.717) is 29.1 Å². The second-order valence-corrected chi connectivity index (χ2v) is 6.57. The standard InChI is InChI=1S/C18H19Cl2N5O/c1-2-9-25-23-18(22-24-25)21-11-13-3-7-16(8-4-13)26-12-14-5-6-15(19)10-17(14)20/h3-8,10H,2,9,11-12H2,1H3,(H,21,23). The van der Waals surface area contributed by atoms with Gasteiger partial charge in [-0.3, -0.25) is 0 Å². The second-order valence-electron chi connectivity index (χ2n) is 5.73. The van der Waals surface area contributed by atoms with Crippen LogP contribution in [0.4, 0.5) is 5.95 Å². The molecule has 0 aliphatic carbocycles. The van der Waals surface area contributed by atoms with Gasteiger partial charge in [-0.05, 0) is 41.5 Å². The van der Waals surface area contributed by atoms with Gasteiger partial charge in [-0.25, -0.2) is 0 Å². The predicted molar refractivity (Wildman–Crippen MR) is 103 cm³/mol. The molecular formula is C18H19Cl2N5O. The minimum Gasteiger partial charge on any atom is -0.489 e. The van der Waals surface area contributed by atoms with Crippen molar-refractivity contribution in [2.24, 2.45) is 0 Å². The van der Waals surface area contributed by atoms with Crippen LogP contribution >= 0.6 is 23.2 Å². The zero-order chi connectivity index (χ0) is 18.4. The molecule has 0 radical (unpaired) electrons. The molecule has 0 spiro atoms. The number of rotatable bonds is 8. The number of nitrogens with one attached hydrogen (secondary N) is 1. The number of nitrogens with zero attached hydrogens (tertiary/aromatic N) is 4. The third kappa shape index (κ3) is 5.09. The third-order valence-corrected chi connectivity index (χ3v) is 4.25. The van der Waals surface area contributed by atoms with Crippen LogP contribution in [0, 0.1) is 0 Å². The van der Waals surface area contributed by atoms with E-state index < -0.39 is 0 Å². The number of aryl methyl sites for hydroxylation is 1. The Morgan fingerprint density at radius 1 is 1.12 bits per heavy atom. The molecule has 8 heteroatoms. The molecule has 0 unspecified atom stereocenters. The van der Waals surface area contributed by atoms with Gasteiger partial charge < -0.3 is 10.1 Å². The Kier molecular flexibility index (Phi) is 6.30. The number of ether oxygens (including phenoxy) is 1. The lowest BCUT2D eigenvalue weighted by Crippen LogP contribution is -2.03. The van der Waals surface area contributed by atoms with E-state index in [1.54, 1.807) is 16.9 Å². The summed E-state index contributed by atoms with van der Waals surface area (Å²) in [6.45, 7) is 3.83. The van der Waals surface area contributed by atoms with Crippen molar-refractivity contribution in [3.05, 3.63) is 63.6 Å². The summed E-state index contributed by atoms with van der Waals surface area (Å²) in [6.07, 6.45) is 0.971. The topological polar surface area (TPSA) is 64.9 Å². The number of tetrazole rings is 1. The van der Waals surface area contributed by atoms with Crippen LogP contribution < -0.4 is 10.1 Å². The summed E-state index contributed by atoms with van der Waals surface area (Å²) < 4.78 is 5.77. The predicted octanol–water partition coefficient (Wildman–Crippen LogP) is 4.58. The number of aromatic nitrogens is 4. The molecule has 0 atom stereocenters. The Hall–Kier alpha value is -2.31. The Labute approximate surface area is 162 Å². The van der Waals surface area contributed by atoms with Gasteiger partial charge in [0.25, 0.3) is 5.95 Å². The van der Waals surface area contributed by atoms with Crippen molar-refractivity contribution in [3.8, 4) is 5.75 Å². The maximum Gasteiger partial charge on any atom is 0.263 e. The lowest BCUT2D eigenvalue weighted by Gasteiger charge is -2.09. The van der Waals surface area contributed by atoms with Crippen LogP contribution in [0.3, 0.4) is 0 Å². The Morgan fingerprint density at radius 3 is 2.65 bits per heavy atom. The third-order valence-electron chi connectivity index (χ3n) is 3.66. The van der Waals surface area contributed by atoms with Crippen molar-refractivity contribution in [2.45, 2.75) is 33.0 Å². The van der Waals surface area contributed by atoms with Gasteiger partial charge in [-0.15, -0.1) is 5.10 Å². The van der Waals surface area contributed by atoms with Crippen molar-refractivity contribution in [2.75, 3.05) is 5.32 Å². The van der Waals surface area contributed by atoms with E-state index in [2.05, 4.69) is 27.7 Å². The first kappa shape index (κ1) is 18.5. The average Bonchev–Trinajstić information content (AvgIpc) is 3.08. The molecule has 1 heterocycles. The van der Waals surface area contributed by atoms with Gasteiger partial charge in [0.2, 0.25) is 0 Å². The molecule has 136 valence electrons. The molecule has 3 rings (SSSR count). The van der Waals surface area contributed by atoms with E-state index in [4.69, 9.17) is 27.9 Å². The van der Waals surface area contributed by atoms with E-state index in [-0.39, 0.29) is 0 Å². The maximum absolute atomic E-state index is 6.15. The van der Waals surface area contributed by atoms with E-state index in [0.717, 1.165) is 29.8 Å². The molecule has 1 N–H and O–H groups in total. The first-order valence-corrected chi connectivity index (χ1v) is 9.07. The van der Waals surface area contributed by atoms with E-state index >= 15 is 0 Å². The largest absolute Gasteiger partial charge is 0.489 e. The van der Waals surface area contributed by atoms with Crippen LogP contribution in [0.2, 0.25) is 10.0 Å². The van der Waals surface area contributed by atoms with Crippen LogP contribution in [0.1, 0.15) is 24.5 Å². The quantitative estimate of drug-likeness (QED) is 0.608. The van der Waals surface area contributed by atoms with Crippen molar-refractivity contribution in [3.63, 3.8) is 0 Å². The van der Waals surface area contributed by atoms with Gasteiger partial charge in [0.15, 0.2) is 0 Å². The molecule has 0 saturated heterocycles. The fourth-order valence-corrected chi connectivity index (χ4v) is 2.76. The van der Waals surface area contributed by atoms with Gasteiger partial charge in [-0.2, -0.15) is 4.80 Å². The highest BCUT2D eigenvalue weighted by Gasteiger charge is 2.04. The van der Waals surface area contributed by atoms with Crippen LogP contribution in [-0.4, -0.2) is 20.2 Å². The minimum atomic E-state index is 0.387. The number of halogens is 2. The van der Waals surface area contributed by atoms with Crippen LogP contribution in [-0.2, 0) is 19.7 Å². The normalized spacial score (nSPS) is 10.7. The first-order valence-electron chi connectivity index (χ1n) is 8.31. The van der Waals surface area contributed by atoms with Crippen LogP contribution in [0.25, 0.3) is 0 Å².